The van der Waals surface area contributed by atoms with E-state index >= 15 is 0 Å². The second-order valence-corrected chi connectivity index (χ2v) is 7.04. The number of hydrogen-bond acceptors (Lipinski definition) is 3. The third kappa shape index (κ3) is 2.59. The van der Waals surface area contributed by atoms with Gasteiger partial charge in [0.1, 0.15) is 5.69 Å². The summed E-state index contributed by atoms with van der Waals surface area (Å²) in [6.45, 7) is 2.93. The summed E-state index contributed by atoms with van der Waals surface area (Å²) in [6, 6.07) is 11.4. The van der Waals surface area contributed by atoms with Gasteiger partial charge in [-0.1, -0.05) is 24.3 Å². The maximum Gasteiger partial charge on any atom is 0.161 e. The van der Waals surface area contributed by atoms with E-state index < -0.39 is 0 Å². The van der Waals surface area contributed by atoms with Gasteiger partial charge in [-0.2, -0.15) is 5.10 Å². The van der Waals surface area contributed by atoms with Gasteiger partial charge in [0.2, 0.25) is 0 Å². The summed E-state index contributed by atoms with van der Waals surface area (Å²) in [6.07, 6.45) is 8.72. The van der Waals surface area contributed by atoms with E-state index in [-0.39, 0.29) is 0 Å². The van der Waals surface area contributed by atoms with Crippen LogP contribution in [0, 0.1) is 0 Å². The quantitative estimate of drug-likeness (QED) is 0.784. The van der Waals surface area contributed by atoms with Crippen LogP contribution < -0.4 is 5.32 Å². The Hall–Kier alpha value is -2.40. The van der Waals surface area contributed by atoms with Gasteiger partial charge in [-0.25, -0.2) is 4.98 Å². The van der Waals surface area contributed by atoms with Crippen LogP contribution in [0.3, 0.4) is 0 Å². The highest BCUT2D eigenvalue weighted by atomic mass is 15.3. The average molecular weight is 333 g/mol. The summed E-state index contributed by atoms with van der Waals surface area (Å²) in [5, 5.41) is 8.32. The molecule has 0 saturated carbocycles. The number of hydrogen-bond donors (Lipinski definition) is 1. The Morgan fingerprint density at radius 1 is 1.16 bits per heavy atom. The minimum Gasteiger partial charge on any atom is -0.322 e. The topological polar surface area (TPSA) is 47.7 Å². The summed E-state index contributed by atoms with van der Waals surface area (Å²) in [5.74, 6) is 0.988. The molecule has 128 valence electrons. The van der Waals surface area contributed by atoms with E-state index in [1.165, 1.54) is 29.7 Å². The molecule has 0 saturated heterocycles. The molecule has 5 heteroatoms. The van der Waals surface area contributed by atoms with Gasteiger partial charge < -0.3 is 9.88 Å². The Labute approximate surface area is 147 Å². The molecule has 1 unspecified atom stereocenters. The van der Waals surface area contributed by atoms with E-state index in [9.17, 15) is 0 Å². The number of nitrogens with one attached hydrogen (secondary N) is 1. The number of aromatic nitrogens is 4. The lowest BCUT2D eigenvalue weighted by atomic mass is 9.87. The molecule has 3 aromatic rings. The van der Waals surface area contributed by atoms with E-state index in [1.807, 2.05) is 6.20 Å². The lowest BCUT2D eigenvalue weighted by molar-refractivity contribution is 0.492. The van der Waals surface area contributed by atoms with Crippen molar-refractivity contribution in [3.63, 3.8) is 0 Å². The lowest BCUT2D eigenvalue weighted by Gasteiger charge is -2.27. The fourth-order valence-corrected chi connectivity index (χ4v) is 4.25. The van der Waals surface area contributed by atoms with E-state index in [2.05, 4.69) is 56.1 Å². The van der Waals surface area contributed by atoms with Crippen LogP contribution in [-0.4, -0.2) is 25.9 Å². The number of fused-ring (bicyclic) bond motifs is 2. The Morgan fingerprint density at radius 2 is 2.12 bits per heavy atom. The zero-order valence-electron chi connectivity index (χ0n) is 14.4. The number of benzene rings is 1. The van der Waals surface area contributed by atoms with Crippen molar-refractivity contribution in [3.8, 4) is 11.5 Å². The van der Waals surface area contributed by atoms with Crippen molar-refractivity contribution >= 4 is 0 Å². The molecule has 0 fully saturated rings. The minimum absolute atomic E-state index is 0.363. The molecule has 1 aliphatic heterocycles. The SMILES string of the molecule is c1ccc2c(c1)CCCC2n1ccnc1-c1cc2n(n1)CCCNC2. The van der Waals surface area contributed by atoms with Crippen molar-refractivity contribution in [2.24, 2.45) is 0 Å². The van der Waals surface area contributed by atoms with Crippen molar-refractivity contribution in [3.05, 3.63) is 59.5 Å². The molecule has 1 aromatic carbocycles. The summed E-state index contributed by atoms with van der Waals surface area (Å²) in [7, 11) is 0. The Bertz CT molecular complexity index is 868. The fraction of sp³-hybridized carbons (Fsp3) is 0.400. The van der Waals surface area contributed by atoms with Gasteiger partial charge in [-0.05, 0) is 49.4 Å². The predicted molar refractivity (Wildman–Crippen MR) is 97.3 cm³/mol. The first-order valence-corrected chi connectivity index (χ1v) is 9.28. The van der Waals surface area contributed by atoms with Gasteiger partial charge in [0, 0.05) is 25.5 Å². The molecule has 0 bridgehead atoms. The first-order chi connectivity index (χ1) is 12.4. The highest BCUT2D eigenvalue weighted by Crippen LogP contribution is 2.35. The second kappa shape index (κ2) is 6.15. The fourth-order valence-electron chi connectivity index (χ4n) is 4.25. The molecule has 2 aliphatic rings. The molecule has 1 N–H and O–H groups in total. The highest BCUT2D eigenvalue weighted by Gasteiger charge is 2.24. The monoisotopic (exact) mass is 333 g/mol. The van der Waals surface area contributed by atoms with E-state index in [1.54, 1.807) is 0 Å². The largest absolute Gasteiger partial charge is 0.322 e. The van der Waals surface area contributed by atoms with Gasteiger partial charge in [0.15, 0.2) is 5.82 Å². The van der Waals surface area contributed by atoms with Gasteiger partial charge in [-0.3, -0.25) is 4.68 Å². The van der Waals surface area contributed by atoms with E-state index in [0.29, 0.717) is 6.04 Å². The maximum atomic E-state index is 4.86. The molecule has 3 heterocycles. The number of rotatable bonds is 2. The molecular weight excluding hydrogens is 310 g/mol. The van der Waals surface area contributed by atoms with Crippen LogP contribution in [0.2, 0.25) is 0 Å². The van der Waals surface area contributed by atoms with Crippen molar-refractivity contribution in [2.45, 2.75) is 44.8 Å². The standard InChI is InChI=1S/C20H23N5/c1-2-7-17-15(5-1)6-3-8-19(17)24-12-10-22-20(24)18-13-16-14-21-9-4-11-25(16)23-18/h1-2,5,7,10,12-13,19,21H,3-4,6,8-9,11,14H2. The van der Waals surface area contributed by atoms with Crippen molar-refractivity contribution < 1.29 is 0 Å². The van der Waals surface area contributed by atoms with Crippen LogP contribution in [0.25, 0.3) is 11.5 Å². The third-order valence-electron chi connectivity index (χ3n) is 5.46. The lowest BCUT2D eigenvalue weighted by Crippen LogP contribution is -2.17. The van der Waals surface area contributed by atoms with Gasteiger partial charge in [-0.15, -0.1) is 0 Å². The van der Waals surface area contributed by atoms with Crippen LogP contribution >= 0.6 is 0 Å². The van der Waals surface area contributed by atoms with E-state index in [0.717, 1.165) is 44.0 Å². The third-order valence-corrected chi connectivity index (χ3v) is 5.46. The van der Waals surface area contributed by atoms with Crippen molar-refractivity contribution in [1.29, 1.82) is 0 Å². The number of aryl methyl sites for hydroxylation is 2. The van der Waals surface area contributed by atoms with Gasteiger partial charge in [0.25, 0.3) is 0 Å². The van der Waals surface area contributed by atoms with E-state index in [4.69, 9.17) is 5.10 Å². The van der Waals surface area contributed by atoms with Crippen molar-refractivity contribution in [2.75, 3.05) is 6.54 Å². The molecule has 0 spiro atoms. The highest BCUT2D eigenvalue weighted by molar-refractivity contribution is 5.51. The molecule has 1 aliphatic carbocycles. The normalized spacial score (nSPS) is 19.9. The molecule has 0 radical (unpaired) electrons. The summed E-state index contributed by atoms with van der Waals surface area (Å²) in [4.78, 5) is 4.67. The molecule has 5 rings (SSSR count). The molecule has 0 amide bonds. The summed E-state index contributed by atoms with van der Waals surface area (Å²) >= 11 is 0. The number of imidazole rings is 1. The van der Waals surface area contributed by atoms with Crippen LogP contribution in [-0.2, 0) is 19.5 Å². The van der Waals surface area contributed by atoms with Crippen LogP contribution in [0.1, 0.15) is 42.1 Å². The summed E-state index contributed by atoms with van der Waals surface area (Å²) in [5.41, 5.74) is 5.16. The Kier molecular flexibility index (Phi) is 3.67. The average Bonchev–Trinajstić information content (AvgIpc) is 3.23. The molecular formula is C20H23N5. The molecule has 2 aromatic heterocycles. The van der Waals surface area contributed by atoms with Crippen LogP contribution in [0.15, 0.2) is 42.7 Å². The molecule has 5 nitrogen and oxygen atoms in total. The van der Waals surface area contributed by atoms with Gasteiger partial charge in [0.05, 0.1) is 11.7 Å². The summed E-state index contributed by atoms with van der Waals surface area (Å²) < 4.78 is 4.47. The minimum atomic E-state index is 0.363. The van der Waals surface area contributed by atoms with Crippen LogP contribution in [0.4, 0.5) is 0 Å². The maximum absolute atomic E-state index is 4.86. The molecule has 25 heavy (non-hydrogen) atoms. The second-order valence-electron chi connectivity index (χ2n) is 7.04. The first-order valence-electron chi connectivity index (χ1n) is 9.28. The molecule has 1 atom stereocenters. The number of nitrogens with zero attached hydrogens (tertiary/aromatic N) is 4. The zero-order valence-corrected chi connectivity index (χ0v) is 14.4. The van der Waals surface area contributed by atoms with Crippen molar-refractivity contribution in [1.82, 2.24) is 24.6 Å². The Morgan fingerprint density at radius 3 is 3.12 bits per heavy atom. The smallest absolute Gasteiger partial charge is 0.161 e. The Balaban J connectivity index is 1.55. The predicted octanol–water partition coefficient (Wildman–Crippen LogP) is 3.17. The zero-order chi connectivity index (χ0) is 16.6. The first kappa shape index (κ1) is 14.9. The van der Waals surface area contributed by atoms with Gasteiger partial charge >= 0.3 is 0 Å². The van der Waals surface area contributed by atoms with Crippen LogP contribution in [0.5, 0.6) is 0 Å².